The fraction of sp³-hybridized carbons (Fsp3) is 0.515. The van der Waals surface area contributed by atoms with Crippen LogP contribution in [-0.2, 0) is 11.8 Å². The first kappa shape index (κ1) is 30.3. The van der Waals surface area contributed by atoms with E-state index in [1.165, 1.54) is 17.5 Å². The average Bonchev–Trinajstić information content (AvgIpc) is 3.28. The van der Waals surface area contributed by atoms with Crippen LogP contribution in [-0.4, -0.2) is 39.5 Å². The quantitative estimate of drug-likeness (QED) is 0.306. The highest BCUT2D eigenvalue weighted by Gasteiger charge is 2.43. The lowest BCUT2D eigenvalue weighted by Gasteiger charge is -2.34. The van der Waals surface area contributed by atoms with Crippen molar-refractivity contribution in [1.29, 1.82) is 0 Å². The van der Waals surface area contributed by atoms with Gasteiger partial charge in [0.2, 0.25) is 0 Å². The van der Waals surface area contributed by atoms with Gasteiger partial charge in [0.15, 0.2) is 0 Å². The van der Waals surface area contributed by atoms with Gasteiger partial charge in [-0.3, -0.25) is 14.5 Å². The third-order valence-corrected chi connectivity index (χ3v) is 9.36. The van der Waals surface area contributed by atoms with Crippen molar-refractivity contribution >= 4 is 29.5 Å². The zero-order valence-electron chi connectivity index (χ0n) is 25.8. The molecule has 3 aromatic heterocycles. The van der Waals surface area contributed by atoms with E-state index in [4.69, 9.17) is 20.7 Å². The van der Waals surface area contributed by atoms with Gasteiger partial charge in [0.1, 0.15) is 16.7 Å². The molecule has 0 aliphatic carbocycles. The molecule has 5 rings (SSSR count). The van der Waals surface area contributed by atoms with Crippen LogP contribution in [0.5, 0.6) is 0 Å². The average molecular weight is 588 g/mol. The van der Waals surface area contributed by atoms with Gasteiger partial charge in [-0.05, 0) is 93.8 Å². The lowest BCUT2D eigenvalue weighted by molar-refractivity contribution is 0.0984. The molecule has 1 amide bonds. The molecule has 42 heavy (non-hydrogen) atoms. The molecule has 0 spiro atoms. The molecule has 224 valence electrons. The number of rotatable bonds is 4. The summed E-state index contributed by atoms with van der Waals surface area (Å²) < 4.78 is 3.04. The highest BCUT2D eigenvalue weighted by Crippen LogP contribution is 2.43. The molecule has 4 bridgehead atoms. The Morgan fingerprint density at radius 3 is 2.64 bits per heavy atom. The fourth-order valence-electron chi connectivity index (χ4n) is 6.10. The number of aryl methyl sites for hydroxylation is 1. The fourth-order valence-corrected chi connectivity index (χ4v) is 6.70. The highest BCUT2D eigenvalue weighted by atomic mass is 32.2. The molecule has 0 saturated carbocycles. The highest BCUT2D eigenvalue weighted by molar-refractivity contribution is 7.97. The minimum atomic E-state index is -0.165. The number of aromatic nitrogens is 3. The number of nitrogens with two attached hydrogens (primary N) is 1. The maximum absolute atomic E-state index is 13.6. The predicted octanol–water partition coefficient (Wildman–Crippen LogP) is 6.30. The van der Waals surface area contributed by atoms with Gasteiger partial charge in [0.05, 0.1) is 17.3 Å². The number of hydrogen-bond donors (Lipinski definition) is 3. The van der Waals surface area contributed by atoms with Crippen molar-refractivity contribution in [2.75, 3.05) is 23.3 Å². The Kier molecular flexibility index (Phi) is 8.81. The van der Waals surface area contributed by atoms with Gasteiger partial charge in [-0.1, -0.05) is 39.8 Å². The molecule has 3 atom stereocenters. The summed E-state index contributed by atoms with van der Waals surface area (Å²) >= 11 is 1.23. The van der Waals surface area contributed by atoms with Crippen LogP contribution in [0.2, 0.25) is 0 Å². The van der Waals surface area contributed by atoms with Crippen molar-refractivity contribution in [3.8, 4) is 0 Å². The lowest BCUT2D eigenvalue weighted by atomic mass is 9.83. The minimum absolute atomic E-state index is 0.00825. The summed E-state index contributed by atoms with van der Waals surface area (Å²) in [6.45, 7) is 14.9. The molecule has 2 aliphatic rings. The first-order valence-corrected chi connectivity index (χ1v) is 15.9. The van der Waals surface area contributed by atoms with Crippen LogP contribution in [0.1, 0.15) is 94.2 Å². The Labute approximate surface area is 254 Å². The van der Waals surface area contributed by atoms with E-state index in [1.807, 2.05) is 36.5 Å². The van der Waals surface area contributed by atoms with Crippen molar-refractivity contribution in [2.24, 2.45) is 17.6 Å². The topological polar surface area (TPSA) is 109 Å². The number of fused-ring (bicyclic) bond motifs is 6. The van der Waals surface area contributed by atoms with E-state index in [2.05, 4.69) is 68.6 Å². The predicted molar refractivity (Wildman–Crippen MR) is 172 cm³/mol. The second-order valence-corrected chi connectivity index (χ2v) is 14.3. The Morgan fingerprint density at radius 2 is 1.93 bits per heavy atom. The van der Waals surface area contributed by atoms with Gasteiger partial charge in [-0.25, -0.2) is 9.97 Å². The number of carbonyl (C=O) groups is 1. The molecule has 1 saturated heterocycles. The largest absolute Gasteiger partial charge is 0.362 e. The molecular formula is C33H45N7OS. The molecular weight excluding hydrogens is 542 g/mol. The van der Waals surface area contributed by atoms with Crippen LogP contribution in [0.25, 0.3) is 0 Å². The van der Waals surface area contributed by atoms with E-state index in [0.717, 1.165) is 55.3 Å². The molecule has 8 nitrogen and oxygen atoms in total. The number of pyridine rings is 3. The van der Waals surface area contributed by atoms with E-state index < -0.39 is 0 Å². The Bertz CT molecular complexity index is 1400. The van der Waals surface area contributed by atoms with Gasteiger partial charge in [0, 0.05) is 41.3 Å². The first-order valence-electron chi connectivity index (χ1n) is 15.1. The molecule has 0 aromatic carbocycles. The van der Waals surface area contributed by atoms with Gasteiger partial charge in [0.25, 0.3) is 5.91 Å². The van der Waals surface area contributed by atoms with Crippen LogP contribution >= 0.6 is 11.9 Å². The molecule has 5 heterocycles. The van der Waals surface area contributed by atoms with Crippen molar-refractivity contribution in [3.05, 3.63) is 71.2 Å². The second kappa shape index (κ2) is 12.2. The third-order valence-electron chi connectivity index (χ3n) is 8.63. The van der Waals surface area contributed by atoms with Crippen LogP contribution < -0.4 is 20.7 Å². The minimum Gasteiger partial charge on any atom is -0.362 e. The van der Waals surface area contributed by atoms with Crippen molar-refractivity contribution in [3.63, 3.8) is 0 Å². The normalized spacial score (nSPS) is 22.4. The van der Waals surface area contributed by atoms with Gasteiger partial charge in [-0.2, -0.15) is 0 Å². The Hall–Kier alpha value is -3.17. The SMILES string of the molecule is C[C@H]1CC(c2ccc(CCCN)cn2)Nc2cccc(n2)SNC(=O)c2ccc(C(C)(C)C)nc2N2C[C@@H]1CC2(C)C. The number of nitrogens with zero attached hydrogens (tertiary/aromatic N) is 4. The smallest absolute Gasteiger partial charge is 0.265 e. The lowest BCUT2D eigenvalue weighted by Crippen LogP contribution is -2.40. The number of anilines is 2. The summed E-state index contributed by atoms with van der Waals surface area (Å²) in [4.78, 5) is 30.9. The third kappa shape index (κ3) is 6.73. The van der Waals surface area contributed by atoms with Crippen molar-refractivity contribution < 1.29 is 4.79 Å². The van der Waals surface area contributed by atoms with Crippen molar-refractivity contribution in [1.82, 2.24) is 19.7 Å². The van der Waals surface area contributed by atoms with Crippen LogP contribution in [0, 0.1) is 11.8 Å². The van der Waals surface area contributed by atoms with Crippen molar-refractivity contribution in [2.45, 2.75) is 89.2 Å². The summed E-state index contributed by atoms with van der Waals surface area (Å²) in [6, 6.07) is 14.1. The molecule has 3 aromatic rings. The van der Waals surface area contributed by atoms with E-state index in [1.54, 1.807) is 0 Å². The van der Waals surface area contributed by atoms with Gasteiger partial charge >= 0.3 is 0 Å². The summed E-state index contributed by atoms with van der Waals surface area (Å²) in [6.07, 6.45) is 5.79. The molecule has 2 aliphatic heterocycles. The van der Waals surface area contributed by atoms with E-state index in [9.17, 15) is 4.79 Å². The molecule has 1 fully saturated rings. The Morgan fingerprint density at radius 1 is 1.12 bits per heavy atom. The molecule has 0 radical (unpaired) electrons. The monoisotopic (exact) mass is 587 g/mol. The number of carbonyl (C=O) groups excluding carboxylic acids is 1. The summed E-state index contributed by atoms with van der Waals surface area (Å²) in [5, 5.41) is 4.39. The zero-order valence-corrected chi connectivity index (χ0v) is 26.6. The summed E-state index contributed by atoms with van der Waals surface area (Å²) in [7, 11) is 0. The van der Waals surface area contributed by atoms with E-state index in [-0.39, 0.29) is 22.9 Å². The van der Waals surface area contributed by atoms with E-state index in [0.29, 0.717) is 29.0 Å². The van der Waals surface area contributed by atoms with Crippen LogP contribution in [0.15, 0.2) is 53.7 Å². The second-order valence-electron chi connectivity index (χ2n) is 13.5. The van der Waals surface area contributed by atoms with Crippen LogP contribution in [0.3, 0.4) is 0 Å². The number of amides is 1. The number of nitrogens with one attached hydrogen (secondary N) is 2. The summed E-state index contributed by atoms with van der Waals surface area (Å²) in [5.74, 6) is 2.17. The molecule has 9 heteroatoms. The maximum Gasteiger partial charge on any atom is 0.265 e. The Balaban J connectivity index is 1.54. The van der Waals surface area contributed by atoms with E-state index >= 15 is 0 Å². The summed E-state index contributed by atoms with van der Waals surface area (Å²) in [5.41, 5.74) is 9.22. The first-order chi connectivity index (χ1) is 19.9. The van der Waals surface area contributed by atoms with Crippen LogP contribution in [0.4, 0.5) is 11.6 Å². The standard InChI is InChI=1S/C33H45N7OS/c1-21-17-26(25-14-12-22(19-35-25)9-8-16-34)36-28-10-7-11-29(38-28)42-39-31(41)24-13-15-27(32(2,3)4)37-30(24)40-20-23(21)18-33(40,5)6/h7,10-15,19,21,23,26H,8-9,16-18,20,34H2,1-6H3,(H,36,38)(H,39,41)/t21-,23-,26?/m0/s1. The van der Waals surface area contributed by atoms with Gasteiger partial charge in [-0.15, -0.1) is 0 Å². The zero-order chi connectivity index (χ0) is 30.1. The molecule has 1 unspecified atom stereocenters. The maximum atomic E-state index is 13.6. The number of hydrogen-bond acceptors (Lipinski definition) is 8. The molecule has 4 N–H and O–H groups in total. The van der Waals surface area contributed by atoms with Gasteiger partial charge < -0.3 is 16.0 Å².